The molecule has 0 aliphatic rings. The summed E-state index contributed by atoms with van der Waals surface area (Å²) < 4.78 is 8.94. The van der Waals surface area contributed by atoms with Crippen molar-refractivity contribution >= 4 is 58.0 Å². The normalized spacial score (nSPS) is 11.0. The van der Waals surface area contributed by atoms with Crippen LogP contribution in [-0.4, -0.2) is 25.5 Å². The van der Waals surface area contributed by atoms with Crippen LogP contribution in [0.2, 0.25) is 20.1 Å². The van der Waals surface area contributed by atoms with Gasteiger partial charge in [-0.3, -0.25) is 9.48 Å². The van der Waals surface area contributed by atoms with Gasteiger partial charge in [0.2, 0.25) is 0 Å². The zero-order valence-electron chi connectivity index (χ0n) is 18.2. The minimum absolute atomic E-state index is 0.0777. The lowest BCUT2D eigenvalue weighted by molar-refractivity contribution is 0.102. The number of hydrogen-bond acceptors (Lipinski definition) is 4. The van der Waals surface area contributed by atoms with Crippen molar-refractivity contribution in [3.05, 3.63) is 91.4 Å². The average molecular weight is 539 g/mol. The summed E-state index contributed by atoms with van der Waals surface area (Å²) in [6, 6.07) is 12.0. The third kappa shape index (κ3) is 5.50. The van der Waals surface area contributed by atoms with Gasteiger partial charge in [0.15, 0.2) is 12.4 Å². The van der Waals surface area contributed by atoms with Gasteiger partial charge in [-0.25, -0.2) is 4.68 Å². The molecule has 4 aromatic rings. The first-order valence-corrected chi connectivity index (χ1v) is 11.6. The van der Waals surface area contributed by atoms with Crippen molar-refractivity contribution in [2.45, 2.75) is 27.1 Å². The molecule has 34 heavy (non-hydrogen) atoms. The quantitative estimate of drug-likeness (QED) is 0.286. The Morgan fingerprint density at radius 2 is 1.76 bits per heavy atom. The molecule has 0 unspecified atom stereocenters. The summed E-state index contributed by atoms with van der Waals surface area (Å²) in [7, 11) is 0. The van der Waals surface area contributed by atoms with E-state index in [-0.39, 0.29) is 18.3 Å². The van der Waals surface area contributed by atoms with Crippen molar-refractivity contribution in [1.82, 2.24) is 19.6 Å². The van der Waals surface area contributed by atoms with Gasteiger partial charge in [0.05, 0.1) is 38.7 Å². The molecule has 176 valence electrons. The van der Waals surface area contributed by atoms with Crippen LogP contribution in [0.5, 0.6) is 5.75 Å². The zero-order chi connectivity index (χ0) is 24.4. The highest BCUT2D eigenvalue weighted by Gasteiger charge is 2.17. The van der Waals surface area contributed by atoms with E-state index >= 15 is 0 Å². The van der Waals surface area contributed by atoms with E-state index in [0.717, 1.165) is 11.3 Å². The van der Waals surface area contributed by atoms with E-state index in [1.165, 1.54) is 4.68 Å². The highest BCUT2D eigenvalue weighted by Crippen LogP contribution is 2.28. The maximum absolute atomic E-state index is 12.8. The Morgan fingerprint density at radius 1 is 0.971 bits per heavy atom. The van der Waals surface area contributed by atoms with Crippen LogP contribution >= 0.6 is 46.4 Å². The van der Waals surface area contributed by atoms with Crippen LogP contribution in [0.4, 0.5) is 5.69 Å². The lowest BCUT2D eigenvalue weighted by Gasteiger charge is -2.08. The number of carbonyl (C=O) groups is 1. The third-order valence-electron chi connectivity index (χ3n) is 5.06. The number of amides is 1. The first kappa shape index (κ1) is 24.4. The number of hydrogen-bond donors (Lipinski definition) is 1. The Hall–Kier alpha value is -2.71. The molecule has 0 radical (unpaired) electrons. The Balaban J connectivity index is 1.42. The molecular weight excluding hydrogens is 520 g/mol. The predicted molar refractivity (Wildman–Crippen MR) is 135 cm³/mol. The van der Waals surface area contributed by atoms with Gasteiger partial charge in [-0.05, 0) is 55.8 Å². The van der Waals surface area contributed by atoms with E-state index < -0.39 is 0 Å². The van der Waals surface area contributed by atoms with Crippen LogP contribution in [0.15, 0.2) is 48.7 Å². The second-order valence-corrected chi connectivity index (χ2v) is 9.15. The smallest absolute Gasteiger partial charge is 0.276 e. The molecule has 0 saturated heterocycles. The fraction of sp³-hybridized carbons (Fsp3) is 0.174. The molecule has 0 aliphatic carbocycles. The Bertz CT molecular complexity index is 1370. The molecule has 7 nitrogen and oxygen atoms in total. The highest BCUT2D eigenvalue weighted by molar-refractivity contribution is 6.42. The first-order valence-electron chi connectivity index (χ1n) is 10.1. The zero-order valence-corrected chi connectivity index (χ0v) is 21.2. The standard InChI is InChI=1S/C23H19Cl4N5O2/c1-13-22(14(2)32(29-13)11-15-3-5-17(25)18(26)9-15)28-23(33)20-7-8-31(30-20)12-34-21-6-4-16(24)10-19(21)27/h3-10H,11-12H2,1-2H3,(H,28,33). The van der Waals surface area contributed by atoms with Crippen LogP contribution in [0, 0.1) is 13.8 Å². The fourth-order valence-electron chi connectivity index (χ4n) is 3.30. The van der Waals surface area contributed by atoms with Crippen molar-refractivity contribution in [2.24, 2.45) is 0 Å². The lowest BCUT2D eigenvalue weighted by atomic mass is 10.2. The lowest BCUT2D eigenvalue weighted by Crippen LogP contribution is -2.15. The summed E-state index contributed by atoms with van der Waals surface area (Å²) >= 11 is 24.1. The number of ether oxygens (including phenoxy) is 1. The van der Waals surface area contributed by atoms with E-state index in [0.29, 0.717) is 43.8 Å². The van der Waals surface area contributed by atoms with Gasteiger partial charge in [0.1, 0.15) is 5.75 Å². The maximum atomic E-state index is 12.8. The Labute approximate surface area is 216 Å². The van der Waals surface area contributed by atoms with Crippen LogP contribution in [0.1, 0.15) is 27.4 Å². The number of aryl methyl sites for hydroxylation is 1. The van der Waals surface area contributed by atoms with Gasteiger partial charge in [0, 0.05) is 11.2 Å². The average Bonchev–Trinajstić information content (AvgIpc) is 3.36. The van der Waals surface area contributed by atoms with Crippen LogP contribution in [-0.2, 0) is 13.3 Å². The van der Waals surface area contributed by atoms with Gasteiger partial charge >= 0.3 is 0 Å². The van der Waals surface area contributed by atoms with E-state index in [4.69, 9.17) is 51.1 Å². The van der Waals surface area contributed by atoms with Crippen LogP contribution < -0.4 is 10.1 Å². The number of aromatic nitrogens is 4. The molecule has 0 spiro atoms. The summed E-state index contributed by atoms with van der Waals surface area (Å²) in [5, 5.41) is 13.6. The largest absolute Gasteiger partial charge is 0.470 e. The molecule has 0 bridgehead atoms. The second kappa shape index (κ2) is 10.3. The van der Waals surface area contributed by atoms with Crippen molar-refractivity contribution in [3.63, 3.8) is 0 Å². The molecule has 2 aromatic carbocycles. The van der Waals surface area contributed by atoms with E-state index in [9.17, 15) is 4.79 Å². The topological polar surface area (TPSA) is 74.0 Å². The van der Waals surface area contributed by atoms with Gasteiger partial charge in [-0.15, -0.1) is 0 Å². The molecule has 2 aromatic heterocycles. The van der Waals surface area contributed by atoms with E-state index in [2.05, 4.69) is 15.5 Å². The molecule has 0 aliphatic heterocycles. The van der Waals surface area contributed by atoms with Gasteiger partial charge in [-0.1, -0.05) is 52.5 Å². The summed E-state index contributed by atoms with van der Waals surface area (Å²) in [4.78, 5) is 12.8. The molecule has 1 amide bonds. The summed E-state index contributed by atoms with van der Waals surface area (Å²) in [6.45, 7) is 4.28. The molecule has 4 rings (SSSR count). The van der Waals surface area contributed by atoms with Gasteiger partial charge < -0.3 is 10.1 Å². The Kier molecular flexibility index (Phi) is 7.38. The Morgan fingerprint density at radius 3 is 2.50 bits per heavy atom. The maximum Gasteiger partial charge on any atom is 0.276 e. The first-order chi connectivity index (χ1) is 16.2. The minimum atomic E-state index is -0.358. The van der Waals surface area contributed by atoms with Crippen molar-refractivity contribution in [2.75, 3.05) is 5.32 Å². The van der Waals surface area contributed by atoms with Crippen LogP contribution in [0.3, 0.4) is 0 Å². The van der Waals surface area contributed by atoms with Gasteiger partial charge in [0.25, 0.3) is 5.91 Å². The molecule has 2 heterocycles. The molecule has 11 heteroatoms. The number of carbonyl (C=O) groups excluding carboxylic acids is 1. The number of halogens is 4. The van der Waals surface area contributed by atoms with Crippen LogP contribution in [0.25, 0.3) is 0 Å². The fourth-order valence-corrected chi connectivity index (χ4v) is 4.09. The summed E-state index contributed by atoms with van der Waals surface area (Å²) in [5.74, 6) is 0.108. The number of benzene rings is 2. The molecule has 0 atom stereocenters. The molecular formula is C23H19Cl4N5O2. The number of rotatable bonds is 7. The summed E-state index contributed by atoms with van der Waals surface area (Å²) in [6.07, 6.45) is 1.64. The van der Waals surface area contributed by atoms with E-state index in [1.807, 2.05) is 19.9 Å². The van der Waals surface area contributed by atoms with Gasteiger partial charge in [-0.2, -0.15) is 10.2 Å². The highest BCUT2D eigenvalue weighted by atomic mass is 35.5. The molecule has 1 N–H and O–H groups in total. The van der Waals surface area contributed by atoms with Crippen molar-refractivity contribution < 1.29 is 9.53 Å². The predicted octanol–water partition coefficient (Wildman–Crippen LogP) is 6.65. The van der Waals surface area contributed by atoms with E-state index in [1.54, 1.807) is 47.3 Å². The molecule has 0 fully saturated rings. The molecule has 0 saturated carbocycles. The number of anilines is 1. The second-order valence-electron chi connectivity index (χ2n) is 7.49. The monoisotopic (exact) mass is 537 g/mol. The number of nitrogens with zero attached hydrogens (tertiary/aromatic N) is 4. The van der Waals surface area contributed by atoms with Crippen molar-refractivity contribution in [1.29, 1.82) is 0 Å². The number of nitrogens with one attached hydrogen (secondary N) is 1. The summed E-state index contributed by atoms with van der Waals surface area (Å²) in [5.41, 5.74) is 3.30. The van der Waals surface area contributed by atoms with Crippen molar-refractivity contribution in [3.8, 4) is 5.75 Å². The minimum Gasteiger partial charge on any atom is -0.470 e. The third-order valence-corrected chi connectivity index (χ3v) is 6.33. The SMILES string of the molecule is Cc1nn(Cc2ccc(Cl)c(Cl)c2)c(C)c1NC(=O)c1ccn(COc2ccc(Cl)cc2Cl)n1.